The third-order valence-corrected chi connectivity index (χ3v) is 5.13. The second kappa shape index (κ2) is 11.9. The first-order chi connectivity index (χ1) is 16.0. The molecule has 1 heterocycles. The maximum absolute atomic E-state index is 11.9. The lowest BCUT2D eigenvalue weighted by molar-refractivity contribution is -0.116. The number of aromatic nitrogens is 2. The van der Waals surface area contributed by atoms with E-state index in [1.807, 2.05) is 61.9 Å². The van der Waals surface area contributed by atoms with Crippen molar-refractivity contribution in [2.24, 2.45) is 4.99 Å². The lowest BCUT2D eigenvalue weighted by Gasteiger charge is -2.15. The molecule has 3 aromatic rings. The predicted octanol–water partition coefficient (Wildman–Crippen LogP) is 4.48. The molecular weight excluding hydrogens is 412 g/mol. The number of para-hydroxylation sites is 1. The van der Waals surface area contributed by atoms with Crippen molar-refractivity contribution in [3.8, 4) is 5.69 Å². The molecule has 0 aliphatic heterocycles. The Morgan fingerprint density at radius 2 is 1.85 bits per heavy atom. The number of aliphatic imine (C=N–C) groups is 1. The highest BCUT2D eigenvalue weighted by Crippen LogP contribution is 2.17. The van der Waals surface area contributed by atoms with Crippen LogP contribution in [0.25, 0.3) is 5.69 Å². The number of benzene rings is 2. The molecular formula is C26H34N6O. The molecule has 3 rings (SSSR count). The molecule has 2 aromatic carbocycles. The van der Waals surface area contributed by atoms with Gasteiger partial charge in [0.15, 0.2) is 5.96 Å². The normalized spacial score (nSPS) is 11.3. The van der Waals surface area contributed by atoms with E-state index in [9.17, 15) is 4.79 Å². The van der Waals surface area contributed by atoms with E-state index in [1.54, 1.807) is 0 Å². The largest absolute Gasteiger partial charge is 0.357 e. The van der Waals surface area contributed by atoms with Crippen molar-refractivity contribution in [2.75, 3.05) is 11.9 Å². The predicted molar refractivity (Wildman–Crippen MR) is 135 cm³/mol. The Kier molecular flexibility index (Phi) is 8.63. The Hall–Kier alpha value is -3.61. The first-order valence-electron chi connectivity index (χ1n) is 11.5. The Bertz CT molecular complexity index is 1100. The summed E-state index contributed by atoms with van der Waals surface area (Å²) in [5, 5.41) is 14.3. The van der Waals surface area contributed by atoms with Crippen LogP contribution in [-0.2, 0) is 17.9 Å². The first kappa shape index (κ1) is 24.0. The van der Waals surface area contributed by atoms with Crippen LogP contribution < -0.4 is 16.0 Å². The van der Waals surface area contributed by atoms with Crippen molar-refractivity contribution in [1.82, 2.24) is 20.4 Å². The second-order valence-corrected chi connectivity index (χ2v) is 8.01. The van der Waals surface area contributed by atoms with E-state index in [4.69, 9.17) is 4.99 Å². The highest BCUT2D eigenvalue weighted by Gasteiger charge is 2.09. The van der Waals surface area contributed by atoms with Gasteiger partial charge in [-0.15, -0.1) is 0 Å². The third-order valence-electron chi connectivity index (χ3n) is 5.13. The van der Waals surface area contributed by atoms with E-state index < -0.39 is 0 Å². The van der Waals surface area contributed by atoms with Crippen LogP contribution in [-0.4, -0.2) is 28.2 Å². The van der Waals surface area contributed by atoms with Gasteiger partial charge in [-0.2, -0.15) is 5.10 Å². The molecule has 0 saturated carbocycles. The monoisotopic (exact) mass is 446 g/mol. The summed E-state index contributed by atoms with van der Waals surface area (Å²) in [5.74, 6) is 0.774. The van der Waals surface area contributed by atoms with E-state index in [0.717, 1.165) is 52.8 Å². The quantitative estimate of drug-likeness (QED) is 0.334. The highest BCUT2D eigenvalue weighted by molar-refractivity contribution is 5.90. The molecule has 0 radical (unpaired) electrons. The van der Waals surface area contributed by atoms with Crippen LogP contribution in [0.2, 0.25) is 0 Å². The minimum atomic E-state index is 0.0365. The lowest BCUT2D eigenvalue weighted by Crippen LogP contribution is -2.37. The van der Waals surface area contributed by atoms with Crippen LogP contribution in [0.3, 0.4) is 0 Å². The molecule has 0 saturated heterocycles. The number of guanidine groups is 1. The van der Waals surface area contributed by atoms with Crippen molar-refractivity contribution in [1.29, 1.82) is 0 Å². The summed E-state index contributed by atoms with van der Waals surface area (Å²) in [7, 11) is 0. The lowest BCUT2D eigenvalue weighted by atomic mass is 10.1. The van der Waals surface area contributed by atoms with E-state index in [1.165, 1.54) is 0 Å². The standard InChI is InChI=1S/C26H34N6O/c1-5-10-25(33)30-23-13-9-11-21(16-23)17-28-26(27-6-2)29-18-22-12-7-8-14-24(22)32-20(4)15-19(3)31-32/h7-9,11-16H,5-6,10,17-18H2,1-4H3,(H,30,33)(H2,27,28,29). The Balaban J connectivity index is 1.70. The summed E-state index contributed by atoms with van der Waals surface area (Å²) in [6.45, 7) is 10.00. The Morgan fingerprint density at radius 3 is 2.58 bits per heavy atom. The van der Waals surface area contributed by atoms with Gasteiger partial charge in [0.25, 0.3) is 0 Å². The number of hydrogen-bond donors (Lipinski definition) is 3. The van der Waals surface area contributed by atoms with Gasteiger partial charge in [0.05, 0.1) is 17.9 Å². The van der Waals surface area contributed by atoms with Gasteiger partial charge in [0, 0.05) is 30.9 Å². The maximum atomic E-state index is 11.9. The fraction of sp³-hybridized carbons (Fsp3) is 0.346. The van der Waals surface area contributed by atoms with Crippen molar-refractivity contribution in [2.45, 2.75) is 53.6 Å². The first-order valence-corrected chi connectivity index (χ1v) is 11.5. The molecule has 174 valence electrons. The molecule has 0 fully saturated rings. The summed E-state index contributed by atoms with van der Waals surface area (Å²) in [4.78, 5) is 16.6. The molecule has 33 heavy (non-hydrogen) atoms. The SMILES string of the molecule is CCCC(=O)Nc1cccc(CN=C(NCC)NCc2ccccc2-n2nc(C)cc2C)c1. The number of nitrogens with zero attached hydrogens (tertiary/aromatic N) is 3. The number of amides is 1. The van der Waals surface area contributed by atoms with Gasteiger partial charge in [0.1, 0.15) is 0 Å². The van der Waals surface area contributed by atoms with Crippen molar-refractivity contribution in [3.63, 3.8) is 0 Å². The molecule has 1 amide bonds. The average molecular weight is 447 g/mol. The number of hydrogen-bond acceptors (Lipinski definition) is 3. The van der Waals surface area contributed by atoms with Gasteiger partial charge in [-0.25, -0.2) is 9.67 Å². The second-order valence-electron chi connectivity index (χ2n) is 8.01. The van der Waals surface area contributed by atoms with Crippen LogP contribution >= 0.6 is 0 Å². The minimum absolute atomic E-state index is 0.0365. The summed E-state index contributed by atoms with van der Waals surface area (Å²) >= 11 is 0. The molecule has 0 aliphatic carbocycles. The number of anilines is 1. The third kappa shape index (κ3) is 6.94. The zero-order valence-electron chi connectivity index (χ0n) is 20.0. The Labute approximate surface area is 196 Å². The van der Waals surface area contributed by atoms with Gasteiger partial charge in [-0.1, -0.05) is 37.3 Å². The molecule has 0 spiro atoms. The van der Waals surface area contributed by atoms with Gasteiger partial charge in [0.2, 0.25) is 5.91 Å². The number of carbonyl (C=O) groups is 1. The summed E-state index contributed by atoms with van der Waals surface area (Å²) in [6, 6.07) is 18.2. The maximum Gasteiger partial charge on any atom is 0.224 e. The number of rotatable bonds is 9. The molecule has 0 bridgehead atoms. The van der Waals surface area contributed by atoms with E-state index in [0.29, 0.717) is 19.5 Å². The number of aryl methyl sites for hydroxylation is 2. The van der Waals surface area contributed by atoms with Crippen LogP contribution in [0, 0.1) is 13.8 Å². The van der Waals surface area contributed by atoms with Crippen LogP contribution in [0.5, 0.6) is 0 Å². The van der Waals surface area contributed by atoms with Crippen LogP contribution in [0.1, 0.15) is 49.2 Å². The summed E-state index contributed by atoms with van der Waals surface area (Å²) in [6.07, 6.45) is 1.35. The molecule has 3 N–H and O–H groups in total. The van der Waals surface area contributed by atoms with E-state index >= 15 is 0 Å². The van der Waals surface area contributed by atoms with E-state index in [-0.39, 0.29) is 5.91 Å². The van der Waals surface area contributed by atoms with Crippen molar-refractivity contribution >= 4 is 17.6 Å². The fourth-order valence-electron chi connectivity index (χ4n) is 3.63. The Morgan fingerprint density at radius 1 is 1.03 bits per heavy atom. The zero-order valence-corrected chi connectivity index (χ0v) is 20.0. The number of nitrogens with one attached hydrogen (secondary N) is 3. The molecule has 0 unspecified atom stereocenters. The minimum Gasteiger partial charge on any atom is -0.357 e. The molecule has 7 heteroatoms. The molecule has 7 nitrogen and oxygen atoms in total. The highest BCUT2D eigenvalue weighted by atomic mass is 16.1. The average Bonchev–Trinajstić information content (AvgIpc) is 3.14. The molecule has 0 aliphatic rings. The molecule has 1 aromatic heterocycles. The van der Waals surface area contributed by atoms with E-state index in [2.05, 4.69) is 46.2 Å². The van der Waals surface area contributed by atoms with Gasteiger partial charge in [-0.3, -0.25) is 4.79 Å². The van der Waals surface area contributed by atoms with Crippen LogP contribution in [0.4, 0.5) is 5.69 Å². The van der Waals surface area contributed by atoms with Gasteiger partial charge < -0.3 is 16.0 Å². The smallest absolute Gasteiger partial charge is 0.224 e. The topological polar surface area (TPSA) is 83.3 Å². The van der Waals surface area contributed by atoms with Crippen molar-refractivity contribution in [3.05, 3.63) is 77.1 Å². The summed E-state index contributed by atoms with van der Waals surface area (Å²) in [5.41, 5.74) is 6.13. The fourth-order valence-corrected chi connectivity index (χ4v) is 3.63. The molecule has 0 atom stereocenters. The van der Waals surface area contributed by atoms with Gasteiger partial charge in [-0.05, 0) is 62.6 Å². The van der Waals surface area contributed by atoms with Crippen LogP contribution in [0.15, 0.2) is 59.6 Å². The van der Waals surface area contributed by atoms with Crippen molar-refractivity contribution < 1.29 is 4.79 Å². The zero-order chi connectivity index (χ0) is 23.6. The summed E-state index contributed by atoms with van der Waals surface area (Å²) < 4.78 is 1.98. The van der Waals surface area contributed by atoms with Gasteiger partial charge >= 0.3 is 0 Å². The number of carbonyl (C=O) groups excluding carboxylic acids is 1.